The van der Waals surface area contributed by atoms with E-state index in [0.29, 0.717) is 35.3 Å². The van der Waals surface area contributed by atoms with E-state index < -0.39 is 0 Å². The first-order valence-electron chi connectivity index (χ1n) is 7.47. The fourth-order valence-corrected chi connectivity index (χ4v) is 2.84. The molecule has 2 heterocycles. The molecule has 1 aliphatic heterocycles. The molecule has 1 aromatic carbocycles. The van der Waals surface area contributed by atoms with Crippen molar-refractivity contribution in [1.82, 2.24) is 15.0 Å². The van der Waals surface area contributed by atoms with Crippen molar-refractivity contribution in [1.29, 1.82) is 0 Å². The lowest BCUT2D eigenvalue weighted by atomic mass is 10.1. The van der Waals surface area contributed by atoms with Crippen molar-refractivity contribution < 1.29 is 18.8 Å². The van der Waals surface area contributed by atoms with E-state index in [0.717, 1.165) is 12.8 Å². The molecule has 0 saturated carbocycles. The third kappa shape index (κ3) is 2.86. The van der Waals surface area contributed by atoms with E-state index in [4.69, 9.17) is 14.0 Å². The highest BCUT2D eigenvalue weighted by molar-refractivity contribution is 5.97. The summed E-state index contributed by atoms with van der Waals surface area (Å²) in [6, 6.07) is 4.98. The average Bonchev–Trinajstić information content (AvgIpc) is 3.22. The smallest absolute Gasteiger partial charge is 0.258 e. The Morgan fingerprint density at radius 3 is 2.83 bits per heavy atom. The minimum absolute atomic E-state index is 0.108. The van der Waals surface area contributed by atoms with Crippen molar-refractivity contribution in [2.75, 3.05) is 20.8 Å². The van der Waals surface area contributed by atoms with Crippen LogP contribution in [0.2, 0.25) is 0 Å². The Hall–Kier alpha value is -2.57. The van der Waals surface area contributed by atoms with Crippen LogP contribution in [0.25, 0.3) is 0 Å². The van der Waals surface area contributed by atoms with Gasteiger partial charge in [-0.15, -0.1) is 0 Å². The van der Waals surface area contributed by atoms with Crippen LogP contribution in [-0.2, 0) is 0 Å². The normalized spacial score (nSPS) is 17.3. The fourth-order valence-electron chi connectivity index (χ4n) is 2.84. The molecule has 7 heteroatoms. The fraction of sp³-hybridized carbons (Fsp3) is 0.438. The number of carbonyl (C=O) groups excluding carboxylic acids is 1. The van der Waals surface area contributed by atoms with Crippen molar-refractivity contribution in [3.63, 3.8) is 0 Å². The van der Waals surface area contributed by atoms with E-state index in [2.05, 4.69) is 10.1 Å². The van der Waals surface area contributed by atoms with Crippen LogP contribution in [0.1, 0.15) is 41.0 Å². The molecule has 1 amide bonds. The molecule has 0 spiro atoms. The van der Waals surface area contributed by atoms with E-state index in [1.54, 1.807) is 37.1 Å². The van der Waals surface area contributed by atoms with Crippen LogP contribution in [0, 0.1) is 6.92 Å². The van der Waals surface area contributed by atoms with Gasteiger partial charge in [0.2, 0.25) is 5.89 Å². The highest BCUT2D eigenvalue weighted by atomic mass is 16.5. The Morgan fingerprint density at radius 2 is 2.17 bits per heavy atom. The Morgan fingerprint density at radius 1 is 1.35 bits per heavy atom. The first-order chi connectivity index (χ1) is 11.1. The Bertz CT molecular complexity index is 713. The first-order valence-corrected chi connectivity index (χ1v) is 7.47. The van der Waals surface area contributed by atoms with Gasteiger partial charge in [-0.25, -0.2) is 0 Å². The topological polar surface area (TPSA) is 77.7 Å². The predicted molar refractivity (Wildman–Crippen MR) is 81.6 cm³/mol. The standard InChI is InChI=1S/C16H19N3O4/c1-10-17-15(23-18-10)13-5-4-8-19(13)16(20)12-7-6-11(21-2)9-14(12)22-3/h6-7,9,13H,4-5,8H2,1-3H3. The van der Waals surface area contributed by atoms with Crippen LogP contribution in [0.4, 0.5) is 0 Å². The van der Waals surface area contributed by atoms with Crippen molar-refractivity contribution in [2.24, 2.45) is 0 Å². The Kier molecular flexibility index (Phi) is 4.18. The van der Waals surface area contributed by atoms with Crippen LogP contribution in [0.3, 0.4) is 0 Å². The van der Waals surface area contributed by atoms with Gasteiger partial charge in [-0.2, -0.15) is 4.98 Å². The maximum absolute atomic E-state index is 12.9. The molecule has 0 aliphatic carbocycles. The van der Waals surface area contributed by atoms with Gasteiger partial charge in [0, 0.05) is 12.6 Å². The lowest BCUT2D eigenvalue weighted by molar-refractivity contribution is 0.0706. The zero-order chi connectivity index (χ0) is 16.4. The Labute approximate surface area is 134 Å². The molecular weight excluding hydrogens is 298 g/mol. The summed E-state index contributed by atoms with van der Waals surface area (Å²) in [5.74, 6) is 2.08. The molecule has 1 aliphatic rings. The van der Waals surface area contributed by atoms with E-state index >= 15 is 0 Å². The summed E-state index contributed by atoms with van der Waals surface area (Å²) < 4.78 is 15.8. The molecule has 1 aromatic heterocycles. The summed E-state index contributed by atoms with van der Waals surface area (Å²) >= 11 is 0. The number of amides is 1. The van der Waals surface area contributed by atoms with Crippen molar-refractivity contribution in [3.05, 3.63) is 35.5 Å². The van der Waals surface area contributed by atoms with Gasteiger partial charge < -0.3 is 18.9 Å². The number of nitrogens with zero attached hydrogens (tertiary/aromatic N) is 3. The molecule has 0 N–H and O–H groups in total. The van der Waals surface area contributed by atoms with Gasteiger partial charge in [0.05, 0.1) is 19.8 Å². The van der Waals surface area contributed by atoms with Gasteiger partial charge in [-0.1, -0.05) is 5.16 Å². The quantitative estimate of drug-likeness (QED) is 0.861. The SMILES string of the molecule is COc1ccc(C(=O)N2CCCC2c2nc(C)no2)c(OC)c1. The number of aromatic nitrogens is 2. The van der Waals surface area contributed by atoms with Crippen molar-refractivity contribution in [3.8, 4) is 11.5 Å². The van der Waals surface area contributed by atoms with Gasteiger partial charge in [0.15, 0.2) is 5.82 Å². The highest BCUT2D eigenvalue weighted by Crippen LogP contribution is 2.34. The highest BCUT2D eigenvalue weighted by Gasteiger charge is 2.35. The van der Waals surface area contributed by atoms with E-state index in [1.165, 1.54) is 7.11 Å². The summed E-state index contributed by atoms with van der Waals surface area (Å²) in [4.78, 5) is 19.0. The van der Waals surface area contributed by atoms with Crippen molar-refractivity contribution in [2.45, 2.75) is 25.8 Å². The maximum Gasteiger partial charge on any atom is 0.258 e. The monoisotopic (exact) mass is 317 g/mol. The van der Waals surface area contributed by atoms with E-state index in [1.807, 2.05) is 0 Å². The summed E-state index contributed by atoms with van der Waals surface area (Å²) in [5, 5.41) is 3.82. The van der Waals surface area contributed by atoms with Crippen molar-refractivity contribution >= 4 is 5.91 Å². The molecule has 122 valence electrons. The number of ether oxygens (including phenoxy) is 2. The number of methoxy groups -OCH3 is 2. The lowest BCUT2D eigenvalue weighted by Gasteiger charge is -2.23. The largest absolute Gasteiger partial charge is 0.497 e. The van der Waals surface area contributed by atoms with Crippen LogP contribution >= 0.6 is 0 Å². The van der Waals surface area contributed by atoms with Gasteiger partial charge >= 0.3 is 0 Å². The van der Waals surface area contributed by atoms with Crippen LogP contribution in [0.15, 0.2) is 22.7 Å². The molecule has 2 aromatic rings. The van der Waals surface area contributed by atoms with E-state index in [-0.39, 0.29) is 11.9 Å². The summed E-state index contributed by atoms with van der Waals surface area (Å²) in [6.45, 7) is 2.42. The van der Waals surface area contributed by atoms with Crippen LogP contribution < -0.4 is 9.47 Å². The molecular formula is C16H19N3O4. The second-order valence-electron chi connectivity index (χ2n) is 5.40. The van der Waals surface area contributed by atoms with Gasteiger partial charge in [-0.3, -0.25) is 4.79 Å². The number of hydrogen-bond donors (Lipinski definition) is 0. The molecule has 1 atom stereocenters. The summed E-state index contributed by atoms with van der Waals surface area (Å²) in [5.41, 5.74) is 0.497. The number of likely N-dealkylation sites (tertiary alicyclic amines) is 1. The number of rotatable bonds is 4. The molecule has 0 radical (unpaired) electrons. The number of benzene rings is 1. The molecule has 7 nitrogen and oxygen atoms in total. The summed E-state index contributed by atoms with van der Waals surface area (Å²) in [7, 11) is 3.11. The molecule has 1 saturated heterocycles. The number of hydrogen-bond acceptors (Lipinski definition) is 6. The molecule has 3 rings (SSSR count). The minimum Gasteiger partial charge on any atom is -0.497 e. The van der Waals surface area contributed by atoms with Gasteiger partial charge in [0.25, 0.3) is 5.91 Å². The average molecular weight is 317 g/mol. The molecule has 1 unspecified atom stereocenters. The Balaban J connectivity index is 1.90. The zero-order valence-electron chi connectivity index (χ0n) is 13.4. The molecule has 0 bridgehead atoms. The van der Waals surface area contributed by atoms with Gasteiger partial charge in [0.1, 0.15) is 17.5 Å². The lowest BCUT2D eigenvalue weighted by Crippen LogP contribution is -2.31. The van der Waals surface area contributed by atoms with Gasteiger partial charge in [-0.05, 0) is 31.9 Å². The molecule has 1 fully saturated rings. The predicted octanol–water partition coefficient (Wildman–Crippen LogP) is 2.37. The number of carbonyl (C=O) groups is 1. The maximum atomic E-state index is 12.9. The van der Waals surface area contributed by atoms with E-state index in [9.17, 15) is 4.79 Å². The third-order valence-corrected chi connectivity index (χ3v) is 3.98. The van der Waals surface area contributed by atoms with Crippen LogP contribution in [0.5, 0.6) is 11.5 Å². The second-order valence-corrected chi connectivity index (χ2v) is 5.40. The third-order valence-electron chi connectivity index (χ3n) is 3.98. The summed E-state index contributed by atoms with van der Waals surface area (Å²) in [6.07, 6.45) is 1.71. The van der Waals surface area contributed by atoms with Crippen LogP contribution in [-0.4, -0.2) is 41.7 Å². The first kappa shape index (κ1) is 15.3. The molecule has 23 heavy (non-hydrogen) atoms. The second kappa shape index (κ2) is 6.28. The minimum atomic E-state index is -0.185. The number of aryl methyl sites for hydroxylation is 1. The zero-order valence-corrected chi connectivity index (χ0v) is 13.4.